The molecule has 0 unspecified atom stereocenters. The fourth-order valence-electron chi connectivity index (χ4n) is 3.10. The molecule has 3 heterocycles. The lowest BCUT2D eigenvalue weighted by Crippen LogP contribution is -2.39. The van der Waals surface area contributed by atoms with E-state index in [1.54, 1.807) is 12.1 Å². The molecule has 0 aromatic carbocycles. The minimum absolute atomic E-state index is 0.0321. The van der Waals surface area contributed by atoms with Crippen LogP contribution < -0.4 is 0 Å². The van der Waals surface area contributed by atoms with Crippen LogP contribution in [0.1, 0.15) is 54.0 Å². The molecule has 0 bridgehead atoms. The molecule has 1 aliphatic carbocycles. The highest BCUT2D eigenvalue weighted by molar-refractivity contribution is 9.10. The first-order valence-electron chi connectivity index (χ1n) is 7.66. The number of halogens is 1. The number of nitrogens with zero attached hydrogens (tertiary/aromatic N) is 4. The van der Waals surface area contributed by atoms with Crippen LogP contribution in [0.4, 0.5) is 0 Å². The van der Waals surface area contributed by atoms with E-state index in [-0.39, 0.29) is 5.91 Å². The fraction of sp³-hybridized carbons (Fsp3) is 0.533. The summed E-state index contributed by atoms with van der Waals surface area (Å²) in [6.45, 7) is 1.48. The van der Waals surface area contributed by atoms with Crippen molar-refractivity contribution in [3.05, 3.63) is 34.7 Å². The minimum Gasteiger partial charge on any atom is -0.444 e. The van der Waals surface area contributed by atoms with Crippen molar-refractivity contribution in [2.45, 2.75) is 37.6 Å². The molecule has 2 aromatic heterocycles. The summed E-state index contributed by atoms with van der Waals surface area (Å²) in [7, 11) is 0. The predicted molar refractivity (Wildman–Crippen MR) is 82.6 cm³/mol. The van der Waals surface area contributed by atoms with Gasteiger partial charge in [0.2, 0.25) is 0 Å². The monoisotopic (exact) mass is 364 g/mol. The molecule has 4 rings (SSSR count). The number of carbonyl (C=O) groups is 1. The zero-order chi connectivity index (χ0) is 15.1. The number of rotatable bonds is 3. The summed E-state index contributed by atoms with van der Waals surface area (Å²) in [6, 6.07) is 3.86. The van der Waals surface area contributed by atoms with E-state index in [0.717, 1.165) is 31.8 Å². The number of carbonyl (C=O) groups excluding carboxylic acids is 1. The summed E-state index contributed by atoms with van der Waals surface area (Å²) in [5, 5.41) is 8.35. The Morgan fingerprint density at radius 3 is 2.64 bits per heavy atom. The van der Waals surface area contributed by atoms with Crippen molar-refractivity contribution in [3.63, 3.8) is 0 Å². The van der Waals surface area contributed by atoms with Gasteiger partial charge in [-0.15, -0.1) is 10.2 Å². The summed E-state index contributed by atoms with van der Waals surface area (Å²) in [4.78, 5) is 14.2. The number of hydrogen-bond donors (Lipinski definition) is 0. The van der Waals surface area contributed by atoms with E-state index in [4.69, 9.17) is 4.42 Å². The molecule has 0 spiro atoms. The van der Waals surface area contributed by atoms with E-state index < -0.39 is 0 Å². The molecule has 7 heteroatoms. The molecule has 1 saturated heterocycles. The van der Waals surface area contributed by atoms with Crippen molar-refractivity contribution in [1.29, 1.82) is 0 Å². The first-order valence-corrected chi connectivity index (χ1v) is 8.45. The van der Waals surface area contributed by atoms with Crippen molar-refractivity contribution in [1.82, 2.24) is 19.7 Å². The molecule has 1 saturated carbocycles. The Bertz CT molecular complexity index is 683. The van der Waals surface area contributed by atoms with Crippen molar-refractivity contribution in [2.75, 3.05) is 13.1 Å². The standard InChI is InChI=1S/C15H17BrN4O2/c16-13-4-3-12(22-13)15(21)19-7-5-11(6-8-19)20-9-17-18-14(20)10-1-2-10/h3-4,9-11H,1-2,5-8H2. The van der Waals surface area contributed by atoms with Crippen molar-refractivity contribution >= 4 is 21.8 Å². The van der Waals surface area contributed by atoms with Gasteiger partial charge in [-0.05, 0) is 53.7 Å². The Balaban J connectivity index is 1.42. The van der Waals surface area contributed by atoms with Crippen LogP contribution in [0.25, 0.3) is 0 Å². The van der Waals surface area contributed by atoms with E-state index in [0.29, 0.717) is 22.4 Å². The Labute approximate surface area is 136 Å². The summed E-state index contributed by atoms with van der Waals surface area (Å²) >= 11 is 3.23. The fourth-order valence-corrected chi connectivity index (χ4v) is 3.41. The van der Waals surface area contributed by atoms with Crippen LogP contribution in [0.5, 0.6) is 0 Å². The molecular formula is C15H17BrN4O2. The van der Waals surface area contributed by atoms with Gasteiger partial charge in [0.05, 0.1) is 0 Å². The zero-order valence-corrected chi connectivity index (χ0v) is 13.7. The van der Waals surface area contributed by atoms with Crippen LogP contribution in [-0.2, 0) is 0 Å². The van der Waals surface area contributed by atoms with Gasteiger partial charge in [0, 0.05) is 25.0 Å². The predicted octanol–water partition coefficient (Wildman–Crippen LogP) is 2.99. The lowest BCUT2D eigenvalue weighted by Gasteiger charge is -2.32. The molecule has 2 aromatic rings. The molecule has 1 amide bonds. The first kappa shape index (κ1) is 14.0. The topological polar surface area (TPSA) is 64.2 Å². The van der Waals surface area contributed by atoms with Gasteiger partial charge >= 0.3 is 0 Å². The van der Waals surface area contributed by atoms with Crippen molar-refractivity contribution in [2.24, 2.45) is 0 Å². The SMILES string of the molecule is O=C(c1ccc(Br)o1)N1CCC(n2cnnc2C2CC2)CC1. The van der Waals surface area contributed by atoms with Gasteiger partial charge in [-0.2, -0.15) is 0 Å². The maximum absolute atomic E-state index is 12.4. The van der Waals surface area contributed by atoms with E-state index in [2.05, 4.69) is 30.7 Å². The maximum atomic E-state index is 12.4. The van der Waals surface area contributed by atoms with Crippen LogP contribution in [0.15, 0.2) is 27.5 Å². The van der Waals surface area contributed by atoms with Gasteiger partial charge in [-0.25, -0.2) is 0 Å². The highest BCUT2D eigenvalue weighted by atomic mass is 79.9. The molecule has 1 aliphatic heterocycles. The van der Waals surface area contributed by atoms with Gasteiger partial charge in [0.15, 0.2) is 10.4 Å². The van der Waals surface area contributed by atoms with Gasteiger partial charge in [0.25, 0.3) is 5.91 Å². The Kier molecular flexibility index (Phi) is 3.52. The highest BCUT2D eigenvalue weighted by Crippen LogP contribution is 2.40. The van der Waals surface area contributed by atoms with Gasteiger partial charge in [-0.1, -0.05) is 0 Å². The lowest BCUT2D eigenvalue weighted by molar-refractivity contribution is 0.0660. The Hall–Kier alpha value is -1.63. The van der Waals surface area contributed by atoms with Crippen LogP contribution in [0.3, 0.4) is 0 Å². The third-order valence-electron chi connectivity index (χ3n) is 4.47. The summed E-state index contributed by atoms with van der Waals surface area (Å²) in [5.41, 5.74) is 0. The summed E-state index contributed by atoms with van der Waals surface area (Å²) < 4.78 is 8.17. The number of piperidine rings is 1. The average molecular weight is 365 g/mol. The zero-order valence-electron chi connectivity index (χ0n) is 12.1. The Morgan fingerprint density at radius 1 is 1.23 bits per heavy atom. The number of furan rings is 1. The molecule has 2 fully saturated rings. The van der Waals surface area contributed by atoms with E-state index in [1.807, 2.05) is 11.2 Å². The molecule has 0 radical (unpaired) electrons. The smallest absolute Gasteiger partial charge is 0.289 e. The number of aromatic nitrogens is 3. The number of amides is 1. The Morgan fingerprint density at radius 2 is 2.00 bits per heavy atom. The largest absolute Gasteiger partial charge is 0.444 e. The number of hydrogen-bond acceptors (Lipinski definition) is 4. The molecule has 0 N–H and O–H groups in total. The first-order chi connectivity index (χ1) is 10.7. The van der Waals surface area contributed by atoms with Gasteiger partial charge < -0.3 is 13.9 Å². The van der Waals surface area contributed by atoms with Crippen LogP contribution >= 0.6 is 15.9 Å². The molecule has 116 valence electrons. The second-order valence-electron chi connectivity index (χ2n) is 6.00. The van der Waals surface area contributed by atoms with Gasteiger partial charge in [0.1, 0.15) is 12.2 Å². The molecule has 6 nitrogen and oxygen atoms in total. The molecule has 22 heavy (non-hydrogen) atoms. The van der Waals surface area contributed by atoms with E-state index in [1.165, 1.54) is 12.8 Å². The normalized spacial score (nSPS) is 19.6. The second kappa shape index (κ2) is 5.53. The van der Waals surface area contributed by atoms with E-state index >= 15 is 0 Å². The van der Waals surface area contributed by atoms with Crippen LogP contribution in [0.2, 0.25) is 0 Å². The van der Waals surface area contributed by atoms with Gasteiger partial charge in [-0.3, -0.25) is 4.79 Å². The lowest BCUT2D eigenvalue weighted by atomic mass is 10.0. The minimum atomic E-state index is -0.0321. The average Bonchev–Trinajstić information content (AvgIpc) is 3.10. The van der Waals surface area contributed by atoms with E-state index in [9.17, 15) is 4.79 Å². The maximum Gasteiger partial charge on any atom is 0.289 e. The molecule has 2 aliphatic rings. The number of likely N-dealkylation sites (tertiary alicyclic amines) is 1. The summed E-state index contributed by atoms with van der Waals surface area (Å²) in [5.74, 6) is 2.09. The second-order valence-corrected chi connectivity index (χ2v) is 6.78. The molecular weight excluding hydrogens is 348 g/mol. The highest BCUT2D eigenvalue weighted by Gasteiger charge is 2.32. The van der Waals surface area contributed by atoms with Crippen LogP contribution in [0, 0.1) is 0 Å². The van der Waals surface area contributed by atoms with Crippen LogP contribution in [-0.4, -0.2) is 38.7 Å². The third kappa shape index (κ3) is 2.58. The molecule has 0 atom stereocenters. The van der Waals surface area contributed by atoms with Crippen molar-refractivity contribution in [3.8, 4) is 0 Å². The quantitative estimate of drug-likeness (QED) is 0.839. The third-order valence-corrected chi connectivity index (χ3v) is 4.90. The summed E-state index contributed by atoms with van der Waals surface area (Å²) in [6.07, 6.45) is 6.17. The van der Waals surface area contributed by atoms with Crippen molar-refractivity contribution < 1.29 is 9.21 Å².